The SMILES string of the molecule is OCC1(CNCCOCC(F)(F)F)CCCCC1. The summed E-state index contributed by atoms with van der Waals surface area (Å²) in [5.41, 5.74) is -0.0811. The molecule has 1 aliphatic carbocycles. The number of hydrogen-bond donors (Lipinski definition) is 2. The molecule has 3 nitrogen and oxygen atoms in total. The molecule has 0 amide bonds. The van der Waals surface area contributed by atoms with Crippen LogP contribution in [0.5, 0.6) is 0 Å². The highest BCUT2D eigenvalue weighted by Crippen LogP contribution is 2.35. The molecule has 1 saturated carbocycles. The first-order chi connectivity index (χ1) is 8.47. The van der Waals surface area contributed by atoms with Crippen molar-refractivity contribution in [2.45, 2.75) is 38.3 Å². The minimum atomic E-state index is -4.25. The van der Waals surface area contributed by atoms with Gasteiger partial charge in [0.15, 0.2) is 0 Å². The zero-order chi connectivity index (χ0) is 13.5. The van der Waals surface area contributed by atoms with Crippen LogP contribution in [0, 0.1) is 5.41 Å². The van der Waals surface area contributed by atoms with E-state index < -0.39 is 12.8 Å². The molecule has 0 aromatic heterocycles. The number of nitrogens with one attached hydrogen (secondary N) is 1. The largest absolute Gasteiger partial charge is 0.411 e. The Hall–Kier alpha value is -0.330. The van der Waals surface area contributed by atoms with E-state index in [4.69, 9.17) is 0 Å². The van der Waals surface area contributed by atoms with Gasteiger partial charge in [-0.3, -0.25) is 0 Å². The van der Waals surface area contributed by atoms with Crippen LogP contribution in [0.3, 0.4) is 0 Å². The second kappa shape index (κ2) is 7.31. The molecule has 6 heteroatoms. The fourth-order valence-corrected chi connectivity index (χ4v) is 2.38. The minimum Gasteiger partial charge on any atom is -0.396 e. The fourth-order valence-electron chi connectivity index (χ4n) is 2.38. The molecule has 18 heavy (non-hydrogen) atoms. The van der Waals surface area contributed by atoms with Crippen molar-refractivity contribution < 1.29 is 23.0 Å². The van der Waals surface area contributed by atoms with E-state index >= 15 is 0 Å². The topological polar surface area (TPSA) is 41.5 Å². The van der Waals surface area contributed by atoms with Gasteiger partial charge in [-0.2, -0.15) is 13.2 Å². The summed E-state index contributed by atoms with van der Waals surface area (Å²) in [6.07, 6.45) is 1.16. The zero-order valence-corrected chi connectivity index (χ0v) is 10.6. The first kappa shape index (κ1) is 15.7. The van der Waals surface area contributed by atoms with Gasteiger partial charge in [0.05, 0.1) is 6.61 Å². The van der Waals surface area contributed by atoms with Crippen LogP contribution >= 0.6 is 0 Å². The number of halogens is 3. The Labute approximate surface area is 106 Å². The first-order valence-corrected chi connectivity index (χ1v) is 6.44. The Morgan fingerprint density at radius 3 is 2.39 bits per heavy atom. The van der Waals surface area contributed by atoms with Crippen molar-refractivity contribution in [2.24, 2.45) is 5.41 Å². The lowest BCUT2D eigenvalue weighted by molar-refractivity contribution is -0.173. The van der Waals surface area contributed by atoms with Crippen LogP contribution in [0.4, 0.5) is 13.2 Å². The number of rotatable bonds is 7. The highest BCUT2D eigenvalue weighted by molar-refractivity contribution is 4.84. The van der Waals surface area contributed by atoms with Crippen molar-refractivity contribution in [3.05, 3.63) is 0 Å². The van der Waals surface area contributed by atoms with Crippen LogP contribution in [-0.2, 0) is 4.74 Å². The third kappa shape index (κ3) is 6.02. The van der Waals surface area contributed by atoms with E-state index in [0.717, 1.165) is 25.7 Å². The van der Waals surface area contributed by atoms with E-state index in [1.54, 1.807) is 0 Å². The maximum absolute atomic E-state index is 11.8. The minimum absolute atomic E-state index is 0.0427. The Morgan fingerprint density at radius 1 is 1.17 bits per heavy atom. The molecule has 1 aliphatic rings. The van der Waals surface area contributed by atoms with E-state index in [0.29, 0.717) is 13.1 Å². The number of hydrogen-bond acceptors (Lipinski definition) is 3. The van der Waals surface area contributed by atoms with Gasteiger partial charge in [0.25, 0.3) is 0 Å². The highest BCUT2D eigenvalue weighted by atomic mass is 19.4. The molecule has 0 bridgehead atoms. The lowest BCUT2D eigenvalue weighted by Crippen LogP contribution is -2.40. The van der Waals surface area contributed by atoms with Crippen LogP contribution in [0.25, 0.3) is 0 Å². The Bertz CT molecular complexity index is 228. The second-order valence-corrected chi connectivity index (χ2v) is 5.06. The summed E-state index contributed by atoms with van der Waals surface area (Å²) in [6.45, 7) is 0.0287. The van der Waals surface area contributed by atoms with Gasteiger partial charge in [-0.05, 0) is 12.8 Å². The third-order valence-electron chi connectivity index (χ3n) is 3.44. The summed E-state index contributed by atoms with van der Waals surface area (Å²) in [5, 5.41) is 12.5. The van der Waals surface area contributed by atoms with Gasteiger partial charge in [0.2, 0.25) is 0 Å². The summed E-state index contributed by atoms with van der Waals surface area (Å²) in [7, 11) is 0. The van der Waals surface area contributed by atoms with Gasteiger partial charge in [0.1, 0.15) is 6.61 Å². The monoisotopic (exact) mass is 269 g/mol. The molecule has 1 rings (SSSR count). The van der Waals surface area contributed by atoms with Crippen molar-refractivity contribution in [1.29, 1.82) is 0 Å². The fraction of sp³-hybridized carbons (Fsp3) is 1.00. The number of ether oxygens (including phenoxy) is 1. The first-order valence-electron chi connectivity index (χ1n) is 6.44. The van der Waals surface area contributed by atoms with Gasteiger partial charge < -0.3 is 15.2 Å². The van der Waals surface area contributed by atoms with Crippen LogP contribution in [0.2, 0.25) is 0 Å². The lowest BCUT2D eigenvalue weighted by atomic mass is 9.74. The predicted octanol–water partition coefficient (Wildman–Crippen LogP) is 2.10. The highest BCUT2D eigenvalue weighted by Gasteiger charge is 2.31. The molecule has 0 spiro atoms. The predicted molar refractivity (Wildman–Crippen MR) is 62.3 cm³/mol. The Morgan fingerprint density at radius 2 is 1.83 bits per heavy atom. The molecule has 2 N–H and O–H groups in total. The van der Waals surface area contributed by atoms with Crippen molar-refractivity contribution in [3.63, 3.8) is 0 Å². The van der Waals surface area contributed by atoms with E-state index in [2.05, 4.69) is 10.1 Å². The summed E-state index contributed by atoms with van der Waals surface area (Å²) in [6, 6.07) is 0. The van der Waals surface area contributed by atoms with E-state index in [1.807, 2.05) is 0 Å². The molecule has 0 heterocycles. The molecule has 1 fully saturated rings. The van der Waals surface area contributed by atoms with Crippen molar-refractivity contribution in [3.8, 4) is 0 Å². The molecule has 0 radical (unpaired) electrons. The molecule has 108 valence electrons. The zero-order valence-electron chi connectivity index (χ0n) is 10.6. The van der Waals surface area contributed by atoms with Crippen molar-refractivity contribution >= 4 is 0 Å². The summed E-state index contributed by atoms with van der Waals surface area (Å²) < 4.78 is 39.9. The van der Waals surface area contributed by atoms with Crippen LogP contribution in [0.1, 0.15) is 32.1 Å². The molecule has 0 unspecified atom stereocenters. The standard InChI is InChI=1S/C12H22F3NO2/c13-12(14,15)10-18-7-6-16-8-11(9-17)4-2-1-3-5-11/h16-17H,1-10H2. The van der Waals surface area contributed by atoms with Crippen LogP contribution in [-0.4, -0.2) is 44.2 Å². The van der Waals surface area contributed by atoms with Crippen molar-refractivity contribution in [2.75, 3.05) is 32.9 Å². The Balaban J connectivity index is 2.09. The van der Waals surface area contributed by atoms with Crippen LogP contribution in [0.15, 0.2) is 0 Å². The number of alkyl halides is 3. The Kier molecular flexibility index (Phi) is 6.38. The smallest absolute Gasteiger partial charge is 0.396 e. The average Bonchev–Trinajstić information content (AvgIpc) is 2.33. The number of aliphatic hydroxyl groups is 1. The van der Waals surface area contributed by atoms with Gasteiger partial charge in [0, 0.05) is 25.1 Å². The molecule has 0 aromatic rings. The maximum atomic E-state index is 11.8. The van der Waals surface area contributed by atoms with Crippen LogP contribution < -0.4 is 5.32 Å². The summed E-state index contributed by atoms with van der Waals surface area (Å²) in [5.74, 6) is 0. The number of aliphatic hydroxyl groups excluding tert-OH is 1. The van der Waals surface area contributed by atoms with Gasteiger partial charge in [-0.25, -0.2) is 0 Å². The molecule has 0 aromatic carbocycles. The third-order valence-corrected chi connectivity index (χ3v) is 3.44. The summed E-state index contributed by atoms with van der Waals surface area (Å²) in [4.78, 5) is 0. The maximum Gasteiger partial charge on any atom is 0.411 e. The van der Waals surface area contributed by atoms with E-state index in [-0.39, 0.29) is 18.6 Å². The van der Waals surface area contributed by atoms with Gasteiger partial charge in [-0.15, -0.1) is 0 Å². The van der Waals surface area contributed by atoms with E-state index in [9.17, 15) is 18.3 Å². The quantitative estimate of drug-likeness (QED) is 0.695. The second-order valence-electron chi connectivity index (χ2n) is 5.06. The molecule has 0 atom stereocenters. The molecular weight excluding hydrogens is 247 g/mol. The lowest BCUT2D eigenvalue weighted by Gasteiger charge is -2.35. The summed E-state index contributed by atoms with van der Waals surface area (Å²) >= 11 is 0. The molecular formula is C12H22F3NO2. The van der Waals surface area contributed by atoms with Crippen molar-refractivity contribution in [1.82, 2.24) is 5.32 Å². The normalized spacial score (nSPS) is 20.0. The van der Waals surface area contributed by atoms with E-state index in [1.165, 1.54) is 6.42 Å². The van der Waals surface area contributed by atoms with Gasteiger partial charge in [-0.1, -0.05) is 19.3 Å². The average molecular weight is 269 g/mol. The molecule has 0 aliphatic heterocycles. The van der Waals surface area contributed by atoms with Gasteiger partial charge >= 0.3 is 6.18 Å². The molecule has 0 saturated heterocycles.